The first-order chi connectivity index (χ1) is 9.62. The van der Waals surface area contributed by atoms with Crippen LogP contribution in [-0.4, -0.2) is 62.7 Å². The summed E-state index contributed by atoms with van der Waals surface area (Å²) in [5.74, 6) is 0. The van der Waals surface area contributed by atoms with Crippen molar-refractivity contribution in [3.8, 4) is 0 Å². The van der Waals surface area contributed by atoms with Crippen LogP contribution in [0.25, 0.3) is 0 Å². The van der Waals surface area contributed by atoms with Gasteiger partial charge in [-0.1, -0.05) is 6.92 Å². The van der Waals surface area contributed by atoms with Gasteiger partial charge in [0.2, 0.25) is 0 Å². The molecule has 114 valence electrons. The molecular formula is C16H29N3S. The molecule has 1 fully saturated rings. The van der Waals surface area contributed by atoms with Gasteiger partial charge in [0.15, 0.2) is 0 Å². The van der Waals surface area contributed by atoms with E-state index in [2.05, 4.69) is 55.3 Å². The maximum atomic E-state index is 3.52. The minimum Gasteiger partial charge on any atom is -0.317 e. The van der Waals surface area contributed by atoms with Crippen LogP contribution in [-0.2, 0) is 12.8 Å². The molecule has 3 nitrogen and oxygen atoms in total. The molecule has 2 rings (SSSR count). The molecule has 1 aliphatic rings. The van der Waals surface area contributed by atoms with E-state index in [-0.39, 0.29) is 0 Å². The normalized spacial score (nSPS) is 23.1. The van der Waals surface area contributed by atoms with Crippen molar-refractivity contribution in [2.45, 2.75) is 38.3 Å². The van der Waals surface area contributed by atoms with Crippen LogP contribution in [0.2, 0.25) is 0 Å². The molecule has 0 saturated carbocycles. The molecule has 0 amide bonds. The fraction of sp³-hybridized carbons (Fsp3) is 0.750. The molecule has 2 atom stereocenters. The number of hydrogen-bond donors (Lipinski definition) is 1. The van der Waals surface area contributed by atoms with Gasteiger partial charge in [0.1, 0.15) is 0 Å². The van der Waals surface area contributed by atoms with Crippen LogP contribution in [0.4, 0.5) is 0 Å². The molecule has 20 heavy (non-hydrogen) atoms. The molecule has 4 heteroatoms. The lowest BCUT2D eigenvalue weighted by Gasteiger charge is -2.39. The quantitative estimate of drug-likeness (QED) is 0.867. The van der Waals surface area contributed by atoms with Crippen molar-refractivity contribution >= 4 is 11.3 Å². The highest BCUT2D eigenvalue weighted by atomic mass is 32.1. The Bertz CT molecular complexity index is 404. The van der Waals surface area contributed by atoms with Crippen LogP contribution in [0.3, 0.4) is 0 Å². The predicted molar refractivity (Wildman–Crippen MR) is 88.8 cm³/mol. The number of aryl methyl sites for hydroxylation is 1. The van der Waals surface area contributed by atoms with E-state index < -0.39 is 0 Å². The first-order valence-corrected chi connectivity index (χ1v) is 8.57. The van der Waals surface area contributed by atoms with Crippen LogP contribution in [0.5, 0.6) is 0 Å². The molecule has 1 aliphatic heterocycles. The first-order valence-electron chi connectivity index (χ1n) is 7.76. The van der Waals surface area contributed by atoms with Crippen molar-refractivity contribution in [3.05, 3.63) is 21.9 Å². The zero-order valence-corrected chi connectivity index (χ0v) is 14.2. The summed E-state index contributed by atoms with van der Waals surface area (Å²) in [6, 6.07) is 5.85. The monoisotopic (exact) mass is 295 g/mol. The predicted octanol–water partition coefficient (Wildman–Crippen LogP) is 2.08. The molecule has 0 aromatic carbocycles. The lowest BCUT2D eigenvalue weighted by Crippen LogP contribution is -2.52. The number of nitrogens with zero attached hydrogens (tertiary/aromatic N) is 2. The van der Waals surface area contributed by atoms with Crippen molar-refractivity contribution in [1.29, 1.82) is 0 Å². The van der Waals surface area contributed by atoms with Gasteiger partial charge < -0.3 is 15.1 Å². The zero-order chi connectivity index (χ0) is 14.5. The highest BCUT2D eigenvalue weighted by Crippen LogP contribution is 2.21. The molecule has 2 heterocycles. The van der Waals surface area contributed by atoms with Crippen LogP contribution < -0.4 is 5.32 Å². The van der Waals surface area contributed by atoms with E-state index >= 15 is 0 Å². The second-order valence-electron chi connectivity index (χ2n) is 6.04. The van der Waals surface area contributed by atoms with Crippen molar-refractivity contribution in [1.82, 2.24) is 15.1 Å². The Labute approximate surface area is 128 Å². The van der Waals surface area contributed by atoms with E-state index in [1.807, 2.05) is 11.3 Å². The molecule has 0 bridgehead atoms. The molecule has 1 aromatic rings. The van der Waals surface area contributed by atoms with E-state index in [0.29, 0.717) is 12.1 Å². The SMILES string of the molecule is CCc1ccc(CC(CC2CN(C)CCN2C)NC)s1. The largest absolute Gasteiger partial charge is 0.317 e. The van der Waals surface area contributed by atoms with E-state index in [0.717, 1.165) is 12.8 Å². The number of thiophene rings is 1. The van der Waals surface area contributed by atoms with Crippen LogP contribution in [0.15, 0.2) is 12.1 Å². The fourth-order valence-corrected chi connectivity index (χ4v) is 3.99. The van der Waals surface area contributed by atoms with Crippen molar-refractivity contribution in [2.24, 2.45) is 0 Å². The van der Waals surface area contributed by atoms with E-state index in [1.165, 1.54) is 35.8 Å². The minimum absolute atomic E-state index is 0.581. The summed E-state index contributed by atoms with van der Waals surface area (Å²) in [5.41, 5.74) is 0. The maximum absolute atomic E-state index is 3.52. The molecule has 2 unspecified atom stereocenters. The third kappa shape index (κ3) is 4.29. The average Bonchev–Trinajstić information content (AvgIpc) is 2.89. The third-order valence-electron chi connectivity index (χ3n) is 4.46. The average molecular weight is 295 g/mol. The van der Waals surface area contributed by atoms with Crippen molar-refractivity contribution < 1.29 is 0 Å². The number of rotatable bonds is 6. The maximum Gasteiger partial charge on any atom is 0.0235 e. The standard InChI is InChI=1S/C16H29N3S/c1-5-15-6-7-16(20-15)11-13(17-2)10-14-12-18(3)8-9-19(14)4/h6-7,13-14,17H,5,8-12H2,1-4H3. The molecule has 1 aromatic heterocycles. The number of nitrogens with one attached hydrogen (secondary N) is 1. The Hall–Kier alpha value is -0.420. The summed E-state index contributed by atoms with van der Waals surface area (Å²) in [5, 5.41) is 3.52. The van der Waals surface area contributed by atoms with Crippen molar-refractivity contribution in [3.63, 3.8) is 0 Å². The Kier molecular flexibility index (Phi) is 6.02. The van der Waals surface area contributed by atoms with Crippen LogP contribution >= 0.6 is 11.3 Å². The van der Waals surface area contributed by atoms with Gasteiger partial charge in [0.05, 0.1) is 0 Å². The first kappa shape index (κ1) is 16.0. The Morgan fingerprint density at radius 1 is 1.30 bits per heavy atom. The molecule has 1 saturated heterocycles. The lowest BCUT2D eigenvalue weighted by molar-refractivity contribution is 0.102. The van der Waals surface area contributed by atoms with Crippen LogP contribution in [0, 0.1) is 0 Å². The Morgan fingerprint density at radius 2 is 2.05 bits per heavy atom. The van der Waals surface area contributed by atoms with Gasteiger partial charge in [-0.25, -0.2) is 0 Å². The highest BCUT2D eigenvalue weighted by molar-refractivity contribution is 7.11. The summed E-state index contributed by atoms with van der Waals surface area (Å²) in [4.78, 5) is 8.01. The molecule has 0 spiro atoms. The van der Waals surface area contributed by atoms with Gasteiger partial charge >= 0.3 is 0 Å². The summed E-state index contributed by atoms with van der Waals surface area (Å²) < 4.78 is 0. The fourth-order valence-electron chi connectivity index (χ4n) is 2.95. The Balaban J connectivity index is 1.90. The van der Waals surface area contributed by atoms with Gasteiger partial charge in [0, 0.05) is 41.5 Å². The number of hydrogen-bond acceptors (Lipinski definition) is 4. The van der Waals surface area contributed by atoms with E-state index in [4.69, 9.17) is 0 Å². The third-order valence-corrected chi connectivity index (χ3v) is 5.71. The minimum atomic E-state index is 0.581. The Morgan fingerprint density at radius 3 is 2.70 bits per heavy atom. The van der Waals surface area contributed by atoms with Gasteiger partial charge in [-0.2, -0.15) is 0 Å². The number of piperazine rings is 1. The second-order valence-corrected chi connectivity index (χ2v) is 7.30. The highest BCUT2D eigenvalue weighted by Gasteiger charge is 2.25. The van der Waals surface area contributed by atoms with Crippen molar-refractivity contribution in [2.75, 3.05) is 40.8 Å². The van der Waals surface area contributed by atoms with E-state index in [1.54, 1.807) is 0 Å². The number of likely N-dealkylation sites (N-methyl/N-ethyl adjacent to an activating group) is 3. The van der Waals surface area contributed by atoms with E-state index in [9.17, 15) is 0 Å². The summed E-state index contributed by atoms with van der Waals surface area (Å²) in [6.07, 6.45) is 3.55. The van der Waals surface area contributed by atoms with Gasteiger partial charge in [-0.05, 0) is 52.5 Å². The summed E-state index contributed by atoms with van der Waals surface area (Å²) in [7, 11) is 6.61. The molecule has 1 N–H and O–H groups in total. The lowest BCUT2D eigenvalue weighted by atomic mass is 10.0. The molecular weight excluding hydrogens is 266 g/mol. The zero-order valence-electron chi connectivity index (χ0n) is 13.4. The summed E-state index contributed by atoms with van der Waals surface area (Å²) in [6.45, 7) is 5.82. The van der Waals surface area contributed by atoms with Gasteiger partial charge in [-0.3, -0.25) is 0 Å². The van der Waals surface area contributed by atoms with Gasteiger partial charge in [-0.15, -0.1) is 11.3 Å². The van der Waals surface area contributed by atoms with Crippen LogP contribution in [0.1, 0.15) is 23.1 Å². The topological polar surface area (TPSA) is 18.5 Å². The van der Waals surface area contributed by atoms with Gasteiger partial charge in [0.25, 0.3) is 0 Å². The molecule has 0 radical (unpaired) electrons. The molecule has 0 aliphatic carbocycles. The second kappa shape index (κ2) is 7.55. The smallest absolute Gasteiger partial charge is 0.0235 e. The summed E-state index contributed by atoms with van der Waals surface area (Å²) >= 11 is 1.98.